The van der Waals surface area contributed by atoms with Crippen LogP contribution in [0.2, 0.25) is 0 Å². The van der Waals surface area contributed by atoms with Gasteiger partial charge in [0.2, 0.25) is 0 Å². The maximum Gasteiger partial charge on any atom is 0.123 e. The van der Waals surface area contributed by atoms with E-state index in [0.29, 0.717) is 0 Å². The minimum atomic E-state index is -0.157. The van der Waals surface area contributed by atoms with Gasteiger partial charge in [-0.15, -0.1) is 0 Å². The molecule has 2 heteroatoms. The molecule has 0 fully saturated rings. The molecule has 1 aliphatic rings. The maximum absolute atomic E-state index is 12.8. The largest absolute Gasteiger partial charge is 0.339 e. The maximum atomic E-state index is 12.8. The summed E-state index contributed by atoms with van der Waals surface area (Å²) < 4.78 is 12.8. The predicted octanol–water partition coefficient (Wildman–Crippen LogP) is 2.99. The van der Waals surface area contributed by atoms with Crippen LogP contribution in [0, 0.1) is 12.7 Å². The molecule has 0 saturated heterocycles. The van der Waals surface area contributed by atoms with E-state index >= 15 is 0 Å². The average Bonchev–Trinajstić information content (AvgIpc) is 2.46. The van der Waals surface area contributed by atoms with Crippen LogP contribution in [0.15, 0.2) is 24.3 Å². The number of hydrogen-bond acceptors (Lipinski definition) is 0. The summed E-state index contributed by atoms with van der Waals surface area (Å²) in [5.74, 6) is -0.157. The average molecular weight is 220 g/mol. The van der Waals surface area contributed by atoms with Crippen molar-refractivity contribution in [1.82, 2.24) is 0 Å². The second-order valence-electron chi connectivity index (χ2n) is 2.98. The van der Waals surface area contributed by atoms with E-state index in [2.05, 4.69) is 13.0 Å². The SMILES string of the molecule is [CH2-]CC1=CCc2ccc(F)cc21.[Co]. The summed E-state index contributed by atoms with van der Waals surface area (Å²) in [6, 6.07) is 4.96. The Morgan fingerprint density at radius 2 is 2.15 bits per heavy atom. The zero-order valence-corrected chi connectivity index (χ0v) is 8.18. The molecule has 0 bridgehead atoms. The fraction of sp³-hybridized carbons (Fsp3) is 0.182. The molecule has 0 spiro atoms. The van der Waals surface area contributed by atoms with E-state index in [0.717, 1.165) is 18.4 Å². The number of halogens is 1. The van der Waals surface area contributed by atoms with Gasteiger partial charge in [-0.1, -0.05) is 17.7 Å². The minimum absolute atomic E-state index is 0. The molecule has 0 aliphatic heterocycles. The van der Waals surface area contributed by atoms with Crippen molar-refractivity contribution < 1.29 is 21.2 Å². The monoisotopic (exact) mass is 220 g/mol. The van der Waals surface area contributed by atoms with Crippen LogP contribution in [-0.4, -0.2) is 0 Å². The van der Waals surface area contributed by atoms with Crippen molar-refractivity contribution in [3.63, 3.8) is 0 Å². The van der Waals surface area contributed by atoms with Crippen molar-refractivity contribution in [2.45, 2.75) is 12.8 Å². The molecule has 0 saturated carbocycles. The Labute approximate surface area is 88.0 Å². The Morgan fingerprint density at radius 1 is 1.38 bits per heavy atom. The summed E-state index contributed by atoms with van der Waals surface area (Å²) in [5.41, 5.74) is 3.43. The van der Waals surface area contributed by atoms with E-state index in [1.54, 1.807) is 6.07 Å². The zero-order valence-electron chi connectivity index (χ0n) is 7.14. The molecule has 1 aromatic rings. The van der Waals surface area contributed by atoms with Gasteiger partial charge in [0.1, 0.15) is 5.82 Å². The fourth-order valence-electron chi connectivity index (χ4n) is 1.61. The Balaban J connectivity index is 0.000000845. The molecule has 0 atom stereocenters. The summed E-state index contributed by atoms with van der Waals surface area (Å²) in [7, 11) is 0. The van der Waals surface area contributed by atoms with Gasteiger partial charge < -0.3 is 6.92 Å². The number of benzene rings is 1. The number of hydrogen-bond donors (Lipinski definition) is 0. The molecule has 2 rings (SSSR count). The first-order valence-electron chi connectivity index (χ1n) is 4.08. The van der Waals surface area contributed by atoms with Gasteiger partial charge in [0.15, 0.2) is 0 Å². The molecule has 13 heavy (non-hydrogen) atoms. The van der Waals surface area contributed by atoms with Crippen LogP contribution in [0.5, 0.6) is 0 Å². The van der Waals surface area contributed by atoms with Gasteiger partial charge in [-0.25, -0.2) is 4.39 Å². The van der Waals surface area contributed by atoms with E-state index in [1.807, 2.05) is 6.07 Å². The summed E-state index contributed by atoms with van der Waals surface area (Å²) in [6.07, 6.45) is 3.80. The molecule has 0 nitrogen and oxygen atoms in total. The van der Waals surface area contributed by atoms with Gasteiger partial charge in [0, 0.05) is 16.8 Å². The second-order valence-corrected chi connectivity index (χ2v) is 2.98. The van der Waals surface area contributed by atoms with Gasteiger partial charge >= 0.3 is 0 Å². The predicted molar refractivity (Wildman–Crippen MR) is 48.1 cm³/mol. The summed E-state index contributed by atoms with van der Waals surface area (Å²) in [4.78, 5) is 0. The minimum Gasteiger partial charge on any atom is -0.339 e. The van der Waals surface area contributed by atoms with E-state index in [4.69, 9.17) is 0 Å². The van der Waals surface area contributed by atoms with Crippen molar-refractivity contribution in [2.75, 3.05) is 0 Å². The first-order valence-corrected chi connectivity index (χ1v) is 4.08. The van der Waals surface area contributed by atoms with Crippen molar-refractivity contribution >= 4 is 5.57 Å². The number of rotatable bonds is 1. The Morgan fingerprint density at radius 3 is 2.85 bits per heavy atom. The van der Waals surface area contributed by atoms with Gasteiger partial charge in [0.05, 0.1) is 0 Å². The van der Waals surface area contributed by atoms with Crippen LogP contribution in [0.4, 0.5) is 4.39 Å². The van der Waals surface area contributed by atoms with Crippen LogP contribution >= 0.6 is 0 Å². The first-order chi connectivity index (χ1) is 5.81. The van der Waals surface area contributed by atoms with E-state index in [1.165, 1.54) is 17.2 Å². The molecule has 1 radical (unpaired) electrons. The molecular weight excluding hydrogens is 210 g/mol. The Bertz CT molecular complexity index is 342. The molecule has 1 aromatic carbocycles. The molecule has 0 N–H and O–H groups in total. The van der Waals surface area contributed by atoms with Gasteiger partial charge in [-0.2, -0.15) is 6.42 Å². The van der Waals surface area contributed by atoms with Crippen molar-refractivity contribution in [3.05, 3.63) is 48.1 Å². The number of allylic oxidation sites excluding steroid dienone is 2. The van der Waals surface area contributed by atoms with Crippen molar-refractivity contribution in [3.8, 4) is 0 Å². The van der Waals surface area contributed by atoms with E-state index < -0.39 is 0 Å². The van der Waals surface area contributed by atoms with Crippen molar-refractivity contribution in [1.29, 1.82) is 0 Å². The number of fused-ring (bicyclic) bond motifs is 1. The van der Waals surface area contributed by atoms with Crippen LogP contribution in [0.25, 0.3) is 5.57 Å². The second kappa shape index (κ2) is 4.07. The first kappa shape index (κ1) is 10.5. The molecule has 0 unspecified atom stereocenters. The smallest absolute Gasteiger partial charge is 0.123 e. The summed E-state index contributed by atoms with van der Waals surface area (Å²) >= 11 is 0. The summed E-state index contributed by atoms with van der Waals surface area (Å²) in [6.45, 7) is 3.81. The molecule has 1 aliphatic carbocycles. The molecule has 0 heterocycles. The molecule has 71 valence electrons. The van der Waals surface area contributed by atoms with Gasteiger partial charge in [-0.3, -0.25) is 0 Å². The van der Waals surface area contributed by atoms with Crippen LogP contribution in [-0.2, 0) is 23.2 Å². The third-order valence-electron chi connectivity index (χ3n) is 2.26. The fourth-order valence-corrected chi connectivity index (χ4v) is 1.61. The topological polar surface area (TPSA) is 0 Å². The van der Waals surface area contributed by atoms with Gasteiger partial charge in [-0.05, 0) is 29.7 Å². The molecular formula is C11H10CoF-. The van der Waals surface area contributed by atoms with Crippen molar-refractivity contribution in [2.24, 2.45) is 0 Å². The third-order valence-corrected chi connectivity index (χ3v) is 2.26. The van der Waals surface area contributed by atoms with Gasteiger partial charge in [0.25, 0.3) is 0 Å². The third kappa shape index (κ3) is 1.84. The molecule has 0 amide bonds. The van der Waals surface area contributed by atoms with E-state index in [-0.39, 0.29) is 22.6 Å². The standard InChI is InChI=1S/C11H10F.Co/c1-2-8-3-4-9-5-6-10(12)7-11(8)9;/h3,5-7H,1-2,4H2;/q-1;. The zero-order chi connectivity index (χ0) is 8.55. The normalized spacial score (nSPS) is 13.2. The summed E-state index contributed by atoms with van der Waals surface area (Å²) in [5, 5.41) is 0. The molecule has 0 aromatic heterocycles. The van der Waals surface area contributed by atoms with Crippen LogP contribution < -0.4 is 0 Å². The van der Waals surface area contributed by atoms with Crippen LogP contribution in [0.1, 0.15) is 17.5 Å². The van der Waals surface area contributed by atoms with Crippen LogP contribution in [0.3, 0.4) is 0 Å². The van der Waals surface area contributed by atoms with E-state index in [9.17, 15) is 4.39 Å². The quantitative estimate of drug-likeness (QED) is 0.638. The Hall–Kier alpha value is -0.604. The Kier molecular flexibility index (Phi) is 3.28.